The SMILES string of the molecule is COC(C)C(NC(=O)OCC1c2ccccc2-c2ccccc21)C(=O)NC(CC(F)(F)F)C(=O)O. The van der Waals surface area contributed by atoms with Gasteiger partial charge in [0.1, 0.15) is 18.7 Å². The Balaban J connectivity index is 1.68. The van der Waals surface area contributed by atoms with Crippen LogP contribution in [0.15, 0.2) is 48.5 Å². The minimum Gasteiger partial charge on any atom is -0.480 e. The zero-order valence-corrected chi connectivity index (χ0v) is 19.0. The lowest BCUT2D eigenvalue weighted by Gasteiger charge is -2.25. The van der Waals surface area contributed by atoms with E-state index in [9.17, 15) is 27.6 Å². The minimum atomic E-state index is -4.82. The molecule has 35 heavy (non-hydrogen) atoms. The maximum Gasteiger partial charge on any atom is 0.407 e. The minimum absolute atomic E-state index is 0.0542. The molecule has 2 aromatic rings. The van der Waals surface area contributed by atoms with Gasteiger partial charge in [0.05, 0.1) is 12.5 Å². The fourth-order valence-corrected chi connectivity index (χ4v) is 3.99. The monoisotopic (exact) mass is 494 g/mol. The number of alkyl halides is 3. The van der Waals surface area contributed by atoms with Crippen LogP contribution in [0.2, 0.25) is 0 Å². The lowest BCUT2D eigenvalue weighted by molar-refractivity contribution is -0.160. The van der Waals surface area contributed by atoms with Crippen molar-refractivity contribution in [3.8, 4) is 11.1 Å². The molecular formula is C24H25F3N2O6. The standard InChI is InChI=1S/C24H25F3N2O6/c1-13(34-2)20(21(30)28-19(22(31)32)11-24(25,26)27)29-23(33)35-12-18-16-9-5-3-7-14(16)15-8-4-6-10-17(15)18/h3-10,13,18-20H,11-12H2,1-2H3,(H,28,30)(H,29,33)(H,31,32). The molecule has 2 amide bonds. The maximum atomic E-state index is 12.7. The molecule has 2 aromatic carbocycles. The van der Waals surface area contributed by atoms with Crippen LogP contribution in [0.3, 0.4) is 0 Å². The van der Waals surface area contributed by atoms with Crippen LogP contribution in [0.5, 0.6) is 0 Å². The highest BCUT2D eigenvalue weighted by Crippen LogP contribution is 2.44. The number of carboxylic acids is 1. The molecule has 3 atom stereocenters. The number of rotatable bonds is 9. The van der Waals surface area contributed by atoms with Crippen LogP contribution in [-0.2, 0) is 19.1 Å². The Morgan fingerprint density at radius 1 is 1.00 bits per heavy atom. The van der Waals surface area contributed by atoms with E-state index in [1.54, 1.807) is 0 Å². The van der Waals surface area contributed by atoms with Crippen molar-refractivity contribution in [2.75, 3.05) is 13.7 Å². The lowest BCUT2D eigenvalue weighted by Crippen LogP contribution is -2.56. The normalized spacial score (nSPS) is 15.3. The van der Waals surface area contributed by atoms with Crippen LogP contribution in [0.1, 0.15) is 30.4 Å². The van der Waals surface area contributed by atoms with Crippen molar-refractivity contribution in [3.63, 3.8) is 0 Å². The number of benzene rings is 2. The number of carboxylic acid groups (broad SMARTS) is 1. The van der Waals surface area contributed by atoms with Gasteiger partial charge in [-0.2, -0.15) is 13.2 Å². The van der Waals surface area contributed by atoms with Crippen LogP contribution in [0.25, 0.3) is 11.1 Å². The molecule has 3 rings (SSSR count). The molecule has 0 spiro atoms. The van der Waals surface area contributed by atoms with Gasteiger partial charge < -0.3 is 25.2 Å². The van der Waals surface area contributed by atoms with E-state index in [0.29, 0.717) is 0 Å². The van der Waals surface area contributed by atoms with Crippen molar-refractivity contribution in [1.82, 2.24) is 10.6 Å². The second kappa shape index (κ2) is 10.8. The van der Waals surface area contributed by atoms with Gasteiger partial charge in [0.25, 0.3) is 0 Å². The van der Waals surface area contributed by atoms with E-state index < -0.39 is 48.8 Å². The van der Waals surface area contributed by atoms with Gasteiger partial charge in [-0.1, -0.05) is 48.5 Å². The molecule has 0 aliphatic heterocycles. The van der Waals surface area contributed by atoms with Crippen LogP contribution < -0.4 is 10.6 Å². The topological polar surface area (TPSA) is 114 Å². The number of amides is 2. The number of hydrogen-bond donors (Lipinski definition) is 3. The average molecular weight is 494 g/mol. The van der Waals surface area contributed by atoms with Gasteiger partial charge in [-0.15, -0.1) is 0 Å². The summed E-state index contributed by atoms with van der Waals surface area (Å²) in [6, 6.07) is 11.6. The largest absolute Gasteiger partial charge is 0.480 e. The Hall–Kier alpha value is -3.60. The highest BCUT2D eigenvalue weighted by atomic mass is 19.4. The smallest absolute Gasteiger partial charge is 0.407 e. The van der Waals surface area contributed by atoms with Crippen molar-refractivity contribution in [2.24, 2.45) is 0 Å². The van der Waals surface area contributed by atoms with Crippen molar-refractivity contribution in [2.45, 2.75) is 43.6 Å². The number of halogens is 3. The molecule has 1 aliphatic rings. The molecule has 3 N–H and O–H groups in total. The second-order valence-electron chi connectivity index (χ2n) is 8.11. The first kappa shape index (κ1) is 26.0. The molecule has 1 aliphatic carbocycles. The molecule has 0 bridgehead atoms. The summed E-state index contributed by atoms with van der Waals surface area (Å²) in [4.78, 5) is 36.3. The summed E-state index contributed by atoms with van der Waals surface area (Å²) >= 11 is 0. The molecule has 0 fully saturated rings. The number of nitrogens with one attached hydrogen (secondary N) is 2. The summed E-state index contributed by atoms with van der Waals surface area (Å²) < 4.78 is 48.5. The van der Waals surface area contributed by atoms with E-state index in [0.717, 1.165) is 22.3 Å². The number of hydrogen-bond acceptors (Lipinski definition) is 5. The quantitative estimate of drug-likeness (QED) is 0.492. The number of methoxy groups -OCH3 is 1. The Labute approximate surface area is 199 Å². The molecule has 0 saturated heterocycles. The van der Waals surface area contributed by atoms with Crippen LogP contribution in [0, 0.1) is 0 Å². The average Bonchev–Trinajstić information content (AvgIpc) is 3.13. The fraction of sp³-hybridized carbons (Fsp3) is 0.375. The second-order valence-corrected chi connectivity index (χ2v) is 8.11. The Kier molecular flexibility index (Phi) is 8.00. The summed E-state index contributed by atoms with van der Waals surface area (Å²) in [6.07, 6.45) is -8.58. The predicted molar refractivity (Wildman–Crippen MR) is 119 cm³/mol. The first-order chi connectivity index (χ1) is 16.5. The molecule has 0 aromatic heterocycles. The van der Waals surface area contributed by atoms with E-state index in [2.05, 4.69) is 5.32 Å². The van der Waals surface area contributed by atoms with E-state index in [-0.39, 0.29) is 12.5 Å². The number of ether oxygens (including phenoxy) is 2. The molecule has 8 nitrogen and oxygen atoms in total. The first-order valence-corrected chi connectivity index (χ1v) is 10.8. The molecule has 188 valence electrons. The molecule has 3 unspecified atom stereocenters. The Morgan fingerprint density at radius 3 is 2.03 bits per heavy atom. The zero-order chi connectivity index (χ0) is 25.8. The van der Waals surface area contributed by atoms with Crippen molar-refractivity contribution in [3.05, 3.63) is 59.7 Å². The highest BCUT2D eigenvalue weighted by Gasteiger charge is 2.38. The van der Waals surface area contributed by atoms with E-state index >= 15 is 0 Å². The molecule has 0 saturated carbocycles. The predicted octanol–water partition coefficient (Wildman–Crippen LogP) is 3.45. The third-order valence-corrected chi connectivity index (χ3v) is 5.79. The Morgan fingerprint density at radius 2 is 1.54 bits per heavy atom. The number of carbonyl (C=O) groups excluding carboxylic acids is 2. The number of fused-ring (bicyclic) bond motifs is 3. The van der Waals surface area contributed by atoms with Crippen LogP contribution in [-0.4, -0.2) is 61.2 Å². The van der Waals surface area contributed by atoms with Gasteiger partial charge in [-0.3, -0.25) is 4.79 Å². The van der Waals surface area contributed by atoms with Crippen LogP contribution >= 0.6 is 0 Å². The van der Waals surface area contributed by atoms with Crippen molar-refractivity contribution >= 4 is 18.0 Å². The molecule has 0 radical (unpaired) electrons. The summed E-state index contributed by atoms with van der Waals surface area (Å²) in [5, 5.41) is 13.1. The van der Waals surface area contributed by atoms with Gasteiger partial charge >= 0.3 is 18.2 Å². The summed E-state index contributed by atoms with van der Waals surface area (Å²) in [6.45, 7) is 1.34. The van der Waals surface area contributed by atoms with Gasteiger partial charge in [0.2, 0.25) is 5.91 Å². The molecule has 11 heteroatoms. The third-order valence-electron chi connectivity index (χ3n) is 5.79. The maximum absolute atomic E-state index is 12.7. The van der Waals surface area contributed by atoms with Crippen LogP contribution in [0.4, 0.5) is 18.0 Å². The zero-order valence-electron chi connectivity index (χ0n) is 19.0. The number of aliphatic carboxylic acids is 1. The summed E-state index contributed by atoms with van der Waals surface area (Å²) in [7, 11) is 1.23. The highest BCUT2D eigenvalue weighted by molar-refractivity contribution is 5.89. The van der Waals surface area contributed by atoms with Gasteiger partial charge in [0, 0.05) is 13.0 Å². The fourth-order valence-electron chi connectivity index (χ4n) is 3.99. The Bertz CT molecular complexity index is 1050. The van der Waals surface area contributed by atoms with E-state index in [1.165, 1.54) is 14.0 Å². The first-order valence-electron chi connectivity index (χ1n) is 10.8. The van der Waals surface area contributed by atoms with Gasteiger partial charge in [-0.25, -0.2) is 9.59 Å². The third kappa shape index (κ3) is 6.30. The van der Waals surface area contributed by atoms with Gasteiger partial charge in [0.15, 0.2) is 0 Å². The van der Waals surface area contributed by atoms with E-state index in [4.69, 9.17) is 14.6 Å². The van der Waals surface area contributed by atoms with E-state index in [1.807, 2.05) is 53.8 Å². The van der Waals surface area contributed by atoms with Crippen molar-refractivity contribution in [1.29, 1.82) is 0 Å². The number of alkyl carbamates (subject to hydrolysis) is 1. The molecular weight excluding hydrogens is 469 g/mol. The lowest BCUT2D eigenvalue weighted by atomic mass is 9.98. The number of carbonyl (C=O) groups is 3. The summed E-state index contributed by atoms with van der Waals surface area (Å²) in [5.74, 6) is -3.26. The van der Waals surface area contributed by atoms with Crippen molar-refractivity contribution < 1.29 is 42.1 Å². The molecule has 0 heterocycles. The summed E-state index contributed by atoms with van der Waals surface area (Å²) in [5.41, 5.74) is 3.98. The van der Waals surface area contributed by atoms with Gasteiger partial charge in [-0.05, 0) is 29.2 Å².